The highest BCUT2D eigenvalue weighted by atomic mass is 16.2. The van der Waals surface area contributed by atoms with E-state index >= 15 is 0 Å². The minimum Gasteiger partial charge on any atom is -0.349 e. The van der Waals surface area contributed by atoms with Gasteiger partial charge in [-0.25, -0.2) is 0 Å². The summed E-state index contributed by atoms with van der Waals surface area (Å²) >= 11 is 0. The minimum atomic E-state index is 0.0748. The fourth-order valence-electron chi connectivity index (χ4n) is 2.62. The molecule has 0 unspecified atom stereocenters. The third-order valence-electron chi connectivity index (χ3n) is 3.84. The van der Waals surface area contributed by atoms with Crippen LogP contribution in [0.4, 0.5) is 0 Å². The second-order valence-corrected chi connectivity index (χ2v) is 5.55. The van der Waals surface area contributed by atoms with E-state index < -0.39 is 0 Å². The van der Waals surface area contributed by atoms with Crippen LogP contribution in [0, 0.1) is 5.92 Å². The molecule has 108 valence electrons. The van der Waals surface area contributed by atoms with E-state index in [1.165, 1.54) is 0 Å². The quantitative estimate of drug-likeness (QED) is 0.839. The van der Waals surface area contributed by atoms with Gasteiger partial charge in [0.15, 0.2) is 0 Å². The Morgan fingerprint density at radius 2 is 1.75 bits per heavy atom. The maximum absolute atomic E-state index is 12.2. The number of likely N-dealkylation sites (tertiary alicyclic amines) is 1. The standard InChI is InChI=1S/C16H22N2O2/c1-17(2)16(20)14-8-10-18(11-9-14)15(19)12-13-6-4-3-5-7-13/h3-7,14H,8-12H2,1-2H3. The number of benzene rings is 1. The molecule has 0 aromatic heterocycles. The van der Waals surface area contributed by atoms with Gasteiger partial charge in [-0.2, -0.15) is 0 Å². The molecular weight excluding hydrogens is 252 g/mol. The van der Waals surface area contributed by atoms with Gasteiger partial charge in [0.05, 0.1) is 6.42 Å². The van der Waals surface area contributed by atoms with E-state index in [0.29, 0.717) is 19.5 Å². The van der Waals surface area contributed by atoms with Gasteiger partial charge in [-0.3, -0.25) is 9.59 Å². The number of hydrogen-bond donors (Lipinski definition) is 0. The molecule has 0 atom stereocenters. The number of amides is 2. The van der Waals surface area contributed by atoms with E-state index in [1.54, 1.807) is 19.0 Å². The van der Waals surface area contributed by atoms with Crippen LogP contribution < -0.4 is 0 Å². The van der Waals surface area contributed by atoms with Gasteiger partial charge >= 0.3 is 0 Å². The average molecular weight is 274 g/mol. The molecule has 2 amide bonds. The third kappa shape index (κ3) is 3.59. The fourth-order valence-corrected chi connectivity index (χ4v) is 2.62. The lowest BCUT2D eigenvalue weighted by atomic mass is 9.95. The predicted octanol–water partition coefficient (Wildman–Crippen LogP) is 1.56. The summed E-state index contributed by atoms with van der Waals surface area (Å²) in [4.78, 5) is 27.6. The van der Waals surface area contributed by atoms with Gasteiger partial charge in [-0.05, 0) is 18.4 Å². The Morgan fingerprint density at radius 3 is 2.30 bits per heavy atom. The van der Waals surface area contributed by atoms with Gasteiger partial charge in [0, 0.05) is 33.1 Å². The van der Waals surface area contributed by atoms with Crippen LogP contribution in [0.15, 0.2) is 30.3 Å². The van der Waals surface area contributed by atoms with Crippen molar-refractivity contribution in [1.29, 1.82) is 0 Å². The molecule has 4 nitrogen and oxygen atoms in total. The zero-order valence-corrected chi connectivity index (χ0v) is 12.2. The summed E-state index contributed by atoms with van der Waals surface area (Å²) < 4.78 is 0. The van der Waals surface area contributed by atoms with E-state index in [2.05, 4.69) is 0 Å². The van der Waals surface area contributed by atoms with Crippen LogP contribution in [0.2, 0.25) is 0 Å². The van der Waals surface area contributed by atoms with E-state index in [9.17, 15) is 9.59 Å². The van der Waals surface area contributed by atoms with Gasteiger partial charge in [-0.1, -0.05) is 30.3 Å². The summed E-state index contributed by atoms with van der Waals surface area (Å²) in [6.45, 7) is 1.38. The normalized spacial score (nSPS) is 16.0. The molecule has 1 fully saturated rings. The van der Waals surface area contributed by atoms with Crippen LogP contribution in [-0.4, -0.2) is 48.8 Å². The largest absolute Gasteiger partial charge is 0.349 e. The molecule has 4 heteroatoms. The van der Waals surface area contributed by atoms with Crippen LogP contribution in [0.3, 0.4) is 0 Å². The zero-order chi connectivity index (χ0) is 14.5. The monoisotopic (exact) mass is 274 g/mol. The Labute approximate surface area is 120 Å². The lowest BCUT2D eigenvalue weighted by molar-refractivity contribution is -0.138. The molecule has 1 aromatic carbocycles. The number of carbonyl (C=O) groups is 2. The lowest BCUT2D eigenvalue weighted by Gasteiger charge is -2.32. The molecule has 20 heavy (non-hydrogen) atoms. The van der Waals surface area contributed by atoms with E-state index in [-0.39, 0.29) is 17.7 Å². The van der Waals surface area contributed by atoms with Crippen molar-refractivity contribution in [2.75, 3.05) is 27.2 Å². The van der Waals surface area contributed by atoms with Crippen molar-refractivity contribution < 1.29 is 9.59 Å². The first-order valence-corrected chi connectivity index (χ1v) is 7.11. The lowest BCUT2D eigenvalue weighted by Crippen LogP contribution is -2.43. The Bertz CT molecular complexity index is 463. The molecular formula is C16H22N2O2. The van der Waals surface area contributed by atoms with Gasteiger partial charge in [0.2, 0.25) is 11.8 Å². The van der Waals surface area contributed by atoms with Crippen molar-refractivity contribution in [1.82, 2.24) is 9.80 Å². The smallest absolute Gasteiger partial charge is 0.226 e. The third-order valence-corrected chi connectivity index (χ3v) is 3.84. The van der Waals surface area contributed by atoms with Crippen LogP contribution in [0.25, 0.3) is 0 Å². The molecule has 0 radical (unpaired) electrons. The Balaban J connectivity index is 1.84. The zero-order valence-electron chi connectivity index (χ0n) is 12.2. The second kappa shape index (κ2) is 6.55. The first-order valence-electron chi connectivity index (χ1n) is 7.11. The van der Waals surface area contributed by atoms with E-state index in [1.807, 2.05) is 35.2 Å². The van der Waals surface area contributed by atoms with E-state index in [4.69, 9.17) is 0 Å². The van der Waals surface area contributed by atoms with Crippen molar-refractivity contribution in [3.63, 3.8) is 0 Å². The summed E-state index contributed by atoms with van der Waals surface area (Å²) in [6.07, 6.45) is 2.00. The number of carbonyl (C=O) groups excluding carboxylic acids is 2. The molecule has 1 saturated heterocycles. The van der Waals surface area contributed by atoms with Gasteiger partial charge in [0.1, 0.15) is 0 Å². The number of piperidine rings is 1. The first-order chi connectivity index (χ1) is 9.58. The average Bonchev–Trinajstić information content (AvgIpc) is 2.47. The first kappa shape index (κ1) is 14.6. The van der Waals surface area contributed by atoms with E-state index in [0.717, 1.165) is 18.4 Å². The molecule has 2 rings (SSSR count). The summed E-state index contributed by atoms with van der Waals surface area (Å²) in [5, 5.41) is 0. The predicted molar refractivity (Wildman–Crippen MR) is 78.1 cm³/mol. The molecule has 1 aliphatic rings. The van der Waals surface area contributed by atoms with Crippen molar-refractivity contribution in [3.05, 3.63) is 35.9 Å². The van der Waals surface area contributed by atoms with Crippen LogP contribution in [0.1, 0.15) is 18.4 Å². The van der Waals surface area contributed by atoms with Crippen molar-refractivity contribution >= 4 is 11.8 Å². The molecule has 0 bridgehead atoms. The molecule has 1 heterocycles. The van der Waals surface area contributed by atoms with Crippen molar-refractivity contribution in [2.45, 2.75) is 19.3 Å². The summed E-state index contributed by atoms with van der Waals surface area (Å²) in [5.74, 6) is 0.415. The van der Waals surface area contributed by atoms with Gasteiger partial charge in [0.25, 0.3) is 0 Å². The summed E-state index contributed by atoms with van der Waals surface area (Å²) in [7, 11) is 3.57. The number of rotatable bonds is 3. The molecule has 1 aliphatic heterocycles. The van der Waals surface area contributed by atoms with Crippen LogP contribution >= 0.6 is 0 Å². The number of nitrogens with zero attached hydrogens (tertiary/aromatic N) is 2. The summed E-state index contributed by atoms with van der Waals surface area (Å²) in [5.41, 5.74) is 1.05. The highest BCUT2D eigenvalue weighted by Gasteiger charge is 2.27. The summed E-state index contributed by atoms with van der Waals surface area (Å²) in [6, 6.07) is 9.79. The second-order valence-electron chi connectivity index (χ2n) is 5.55. The fraction of sp³-hybridized carbons (Fsp3) is 0.500. The topological polar surface area (TPSA) is 40.6 Å². The Hall–Kier alpha value is -1.84. The number of hydrogen-bond acceptors (Lipinski definition) is 2. The molecule has 0 spiro atoms. The highest BCUT2D eigenvalue weighted by Crippen LogP contribution is 2.19. The van der Waals surface area contributed by atoms with Gasteiger partial charge in [-0.15, -0.1) is 0 Å². The van der Waals surface area contributed by atoms with Crippen molar-refractivity contribution in [2.24, 2.45) is 5.92 Å². The molecule has 0 N–H and O–H groups in total. The minimum absolute atomic E-state index is 0.0748. The Morgan fingerprint density at radius 1 is 1.15 bits per heavy atom. The maximum Gasteiger partial charge on any atom is 0.226 e. The van der Waals surface area contributed by atoms with Crippen molar-refractivity contribution in [3.8, 4) is 0 Å². The Kier molecular flexibility index (Phi) is 4.77. The molecule has 0 aliphatic carbocycles. The SMILES string of the molecule is CN(C)C(=O)C1CCN(C(=O)Cc2ccccc2)CC1. The maximum atomic E-state index is 12.2. The van der Waals surface area contributed by atoms with Crippen LogP contribution in [0.5, 0.6) is 0 Å². The molecule has 0 saturated carbocycles. The van der Waals surface area contributed by atoms with Gasteiger partial charge < -0.3 is 9.80 Å². The highest BCUT2D eigenvalue weighted by molar-refractivity contribution is 5.80. The molecule has 1 aromatic rings. The van der Waals surface area contributed by atoms with Crippen LogP contribution in [-0.2, 0) is 16.0 Å².